The molecule has 0 bridgehead atoms. The third-order valence-electron chi connectivity index (χ3n) is 5.94. The Bertz CT molecular complexity index is 1570. The van der Waals surface area contributed by atoms with Gasteiger partial charge in [0, 0.05) is 35.1 Å². The highest BCUT2D eigenvalue weighted by Gasteiger charge is 2.26. The molecule has 180 valence electrons. The smallest absolute Gasteiger partial charge is 0.252 e. The highest BCUT2D eigenvalue weighted by atomic mass is 35.5. The van der Waals surface area contributed by atoms with Gasteiger partial charge in [-0.3, -0.25) is 4.79 Å². The van der Waals surface area contributed by atoms with Gasteiger partial charge in [-0.25, -0.2) is 8.42 Å². The van der Waals surface area contributed by atoms with Gasteiger partial charge < -0.3 is 14.5 Å². The molecule has 5 rings (SSSR count). The van der Waals surface area contributed by atoms with Crippen LogP contribution in [0.15, 0.2) is 76.4 Å². The summed E-state index contributed by atoms with van der Waals surface area (Å²) in [6.07, 6.45) is 0.499. The zero-order valence-electron chi connectivity index (χ0n) is 19.0. The van der Waals surface area contributed by atoms with Crippen LogP contribution in [0.2, 0.25) is 5.02 Å². The Kier molecular flexibility index (Phi) is 6.27. The van der Waals surface area contributed by atoms with E-state index < -0.39 is 10.0 Å². The molecule has 0 fully saturated rings. The van der Waals surface area contributed by atoms with Crippen LogP contribution < -0.4 is 15.0 Å². The van der Waals surface area contributed by atoms with Crippen molar-refractivity contribution in [3.8, 4) is 11.5 Å². The molecule has 3 aromatic carbocycles. The molecular formula is C26H23ClN2O5S. The zero-order chi connectivity index (χ0) is 24.6. The van der Waals surface area contributed by atoms with Crippen molar-refractivity contribution in [2.75, 3.05) is 13.3 Å². The second kappa shape index (κ2) is 9.37. The minimum Gasteiger partial charge on any atom is -0.454 e. The SMILES string of the molecule is Cc1cccc(CCN(Cc2cc3cc4c(cc3[nH]c2=O)OCO4)S(=O)(=O)c2ccc(Cl)cc2)c1. The summed E-state index contributed by atoms with van der Waals surface area (Å²) in [4.78, 5) is 15.9. The number of H-pyrrole nitrogens is 1. The Morgan fingerprint density at radius 2 is 1.74 bits per heavy atom. The lowest BCUT2D eigenvalue weighted by Crippen LogP contribution is -2.34. The molecule has 0 unspecified atom stereocenters. The van der Waals surface area contributed by atoms with E-state index in [0.717, 1.165) is 16.5 Å². The fourth-order valence-electron chi connectivity index (χ4n) is 4.11. The number of ether oxygens (including phenoxy) is 2. The molecule has 1 aliphatic heterocycles. The number of fused-ring (bicyclic) bond motifs is 2. The minimum atomic E-state index is -3.90. The van der Waals surface area contributed by atoms with Crippen LogP contribution in [0, 0.1) is 6.92 Å². The molecule has 0 saturated heterocycles. The third kappa shape index (κ3) is 4.91. The molecule has 1 aliphatic rings. The molecule has 1 aromatic heterocycles. The van der Waals surface area contributed by atoms with Gasteiger partial charge in [-0.1, -0.05) is 41.4 Å². The summed E-state index contributed by atoms with van der Waals surface area (Å²) >= 11 is 5.97. The molecule has 2 heterocycles. The van der Waals surface area contributed by atoms with E-state index >= 15 is 0 Å². The Balaban J connectivity index is 1.51. The van der Waals surface area contributed by atoms with Crippen molar-refractivity contribution in [1.82, 2.24) is 9.29 Å². The number of rotatable bonds is 7. The van der Waals surface area contributed by atoms with Crippen LogP contribution in [0.5, 0.6) is 11.5 Å². The molecule has 0 saturated carbocycles. The van der Waals surface area contributed by atoms with Gasteiger partial charge >= 0.3 is 0 Å². The number of sulfonamides is 1. The second-order valence-electron chi connectivity index (χ2n) is 8.45. The minimum absolute atomic E-state index is 0.0868. The van der Waals surface area contributed by atoms with E-state index in [9.17, 15) is 13.2 Å². The number of pyridine rings is 1. The fourth-order valence-corrected chi connectivity index (χ4v) is 5.65. The van der Waals surface area contributed by atoms with Crippen LogP contribution in [0.1, 0.15) is 16.7 Å². The summed E-state index contributed by atoms with van der Waals surface area (Å²) in [7, 11) is -3.90. The summed E-state index contributed by atoms with van der Waals surface area (Å²) in [6.45, 7) is 2.23. The number of hydrogen-bond donors (Lipinski definition) is 1. The van der Waals surface area contributed by atoms with E-state index in [-0.39, 0.29) is 30.3 Å². The largest absolute Gasteiger partial charge is 0.454 e. The van der Waals surface area contributed by atoms with Crippen molar-refractivity contribution < 1.29 is 17.9 Å². The first-order valence-corrected chi connectivity index (χ1v) is 12.9. The maximum Gasteiger partial charge on any atom is 0.252 e. The maximum absolute atomic E-state index is 13.6. The number of aromatic nitrogens is 1. The van der Waals surface area contributed by atoms with E-state index in [4.69, 9.17) is 21.1 Å². The molecular weight excluding hydrogens is 488 g/mol. The summed E-state index contributed by atoms with van der Waals surface area (Å²) in [6, 6.07) is 19.2. The number of nitrogens with one attached hydrogen (secondary N) is 1. The monoisotopic (exact) mass is 510 g/mol. The lowest BCUT2D eigenvalue weighted by Gasteiger charge is -2.22. The van der Waals surface area contributed by atoms with E-state index in [1.165, 1.54) is 16.4 Å². The van der Waals surface area contributed by atoms with Crippen LogP contribution in [-0.4, -0.2) is 31.0 Å². The van der Waals surface area contributed by atoms with Gasteiger partial charge in [0.2, 0.25) is 16.8 Å². The van der Waals surface area contributed by atoms with Crippen LogP contribution in [-0.2, 0) is 23.0 Å². The maximum atomic E-state index is 13.6. The van der Waals surface area contributed by atoms with Gasteiger partial charge in [0.15, 0.2) is 11.5 Å². The van der Waals surface area contributed by atoms with Crippen LogP contribution in [0.3, 0.4) is 0 Å². The predicted octanol–water partition coefficient (Wildman–Crippen LogP) is 4.65. The molecule has 9 heteroatoms. The lowest BCUT2D eigenvalue weighted by atomic mass is 10.1. The van der Waals surface area contributed by atoms with Crippen molar-refractivity contribution in [3.63, 3.8) is 0 Å². The number of benzene rings is 3. The topological polar surface area (TPSA) is 88.7 Å². The van der Waals surface area contributed by atoms with Crippen molar-refractivity contribution in [2.45, 2.75) is 24.8 Å². The van der Waals surface area contributed by atoms with E-state index in [2.05, 4.69) is 4.98 Å². The summed E-state index contributed by atoms with van der Waals surface area (Å²) in [5, 5.41) is 1.17. The summed E-state index contributed by atoms with van der Waals surface area (Å²) < 4.78 is 39.4. The van der Waals surface area contributed by atoms with Gasteiger partial charge in [0.05, 0.1) is 10.4 Å². The molecule has 7 nitrogen and oxygen atoms in total. The Morgan fingerprint density at radius 1 is 1.00 bits per heavy atom. The highest BCUT2D eigenvalue weighted by Crippen LogP contribution is 2.35. The van der Waals surface area contributed by atoms with Crippen LogP contribution in [0.25, 0.3) is 10.9 Å². The van der Waals surface area contributed by atoms with Crippen molar-refractivity contribution >= 4 is 32.5 Å². The van der Waals surface area contributed by atoms with E-state index in [1.807, 2.05) is 31.2 Å². The number of halogens is 1. The summed E-state index contributed by atoms with van der Waals surface area (Å²) in [5.74, 6) is 1.14. The van der Waals surface area contributed by atoms with E-state index in [0.29, 0.717) is 34.0 Å². The fraction of sp³-hybridized carbons (Fsp3) is 0.192. The van der Waals surface area contributed by atoms with Crippen LogP contribution >= 0.6 is 11.6 Å². The standard InChI is InChI=1S/C26H23ClN2O5S/c1-17-3-2-4-18(11-17)9-10-29(35(31,32)22-7-5-21(27)6-8-22)15-20-12-19-13-24-25(34-16-33-24)14-23(19)28-26(20)30/h2-8,11-14H,9-10,15-16H2,1H3,(H,28,30). The molecule has 0 radical (unpaired) electrons. The van der Waals surface area contributed by atoms with Crippen molar-refractivity contribution in [2.24, 2.45) is 0 Å². The third-order valence-corrected chi connectivity index (χ3v) is 8.06. The first-order valence-electron chi connectivity index (χ1n) is 11.1. The molecule has 4 aromatic rings. The highest BCUT2D eigenvalue weighted by molar-refractivity contribution is 7.89. The first-order chi connectivity index (χ1) is 16.8. The van der Waals surface area contributed by atoms with Gasteiger partial charge in [-0.05, 0) is 55.3 Å². The normalized spacial score (nSPS) is 13.0. The first kappa shape index (κ1) is 23.4. The predicted molar refractivity (Wildman–Crippen MR) is 135 cm³/mol. The lowest BCUT2D eigenvalue weighted by molar-refractivity contribution is 0.174. The Hall–Kier alpha value is -3.33. The van der Waals surface area contributed by atoms with Crippen molar-refractivity contribution in [1.29, 1.82) is 0 Å². The zero-order valence-corrected chi connectivity index (χ0v) is 20.5. The molecule has 1 N–H and O–H groups in total. The molecule has 0 amide bonds. The molecule has 0 spiro atoms. The molecule has 0 aliphatic carbocycles. The quantitative estimate of drug-likeness (QED) is 0.391. The average Bonchev–Trinajstić information content (AvgIpc) is 3.28. The Morgan fingerprint density at radius 3 is 2.49 bits per heavy atom. The Labute approximate surface area is 207 Å². The molecule has 35 heavy (non-hydrogen) atoms. The second-order valence-corrected chi connectivity index (χ2v) is 10.8. The van der Waals surface area contributed by atoms with Crippen molar-refractivity contribution in [3.05, 3.63) is 98.8 Å². The number of aryl methyl sites for hydroxylation is 1. The number of aromatic amines is 1. The van der Waals surface area contributed by atoms with Gasteiger partial charge in [0.1, 0.15) is 0 Å². The number of nitrogens with zero attached hydrogens (tertiary/aromatic N) is 1. The average molecular weight is 511 g/mol. The van der Waals surface area contributed by atoms with Gasteiger partial charge in [0.25, 0.3) is 5.56 Å². The van der Waals surface area contributed by atoms with E-state index in [1.54, 1.807) is 30.3 Å². The van der Waals surface area contributed by atoms with Gasteiger partial charge in [-0.15, -0.1) is 0 Å². The summed E-state index contributed by atoms with van der Waals surface area (Å²) in [5.41, 5.74) is 2.68. The number of hydrogen-bond acceptors (Lipinski definition) is 5. The van der Waals surface area contributed by atoms with Crippen LogP contribution in [0.4, 0.5) is 0 Å². The van der Waals surface area contributed by atoms with Gasteiger partial charge in [-0.2, -0.15) is 4.31 Å². The molecule has 0 atom stereocenters.